The Labute approximate surface area is 148 Å². The van der Waals surface area contributed by atoms with E-state index in [2.05, 4.69) is 66.4 Å². The molecule has 0 atom stereocenters. The molecule has 24 heavy (non-hydrogen) atoms. The number of rotatable bonds is 5. The molecule has 0 aromatic heterocycles. The van der Waals surface area contributed by atoms with Crippen molar-refractivity contribution in [2.45, 2.75) is 58.9 Å². The smallest absolute Gasteiger partial charge is 0.0233 e. The fraction of sp³-hybridized carbons (Fsp3) is 0.478. The summed E-state index contributed by atoms with van der Waals surface area (Å²) in [5, 5.41) is 0. The Morgan fingerprint density at radius 2 is 1.50 bits per heavy atom. The van der Waals surface area contributed by atoms with Crippen LogP contribution in [0.3, 0.4) is 0 Å². The Hall–Kier alpha value is -1.60. The molecule has 1 nitrogen and oxygen atoms in total. The largest absolute Gasteiger partial charge is 0.299 e. The Bertz CT molecular complexity index is 568. The van der Waals surface area contributed by atoms with Crippen LogP contribution in [0.25, 0.3) is 0 Å². The van der Waals surface area contributed by atoms with E-state index in [1.165, 1.54) is 44.3 Å². The van der Waals surface area contributed by atoms with Crippen LogP contribution in [0.1, 0.15) is 62.6 Å². The highest BCUT2D eigenvalue weighted by Gasteiger charge is 2.22. The lowest BCUT2D eigenvalue weighted by Gasteiger charge is -2.33. The van der Waals surface area contributed by atoms with E-state index in [-0.39, 0.29) is 0 Å². The van der Waals surface area contributed by atoms with Gasteiger partial charge in [-0.05, 0) is 55.0 Å². The van der Waals surface area contributed by atoms with E-state index in [1.54, 1.807) is 11.1 Å². The van der Waals surface area contributed by atoms with Crippen molar-refractivity contribution in [1.29, 1.82) is 0 Å². The van der Waals surface area contributed by atoms with E-state index in [4.69, 9.17) is 0 Å². The third-order valence-electron chi connectivity index (χ3n) is 4.85. The highest BCUT2D eigenvalue weighted by Crippen LogP contribution is 2.31. The predicted octanol–water partition coefficient (Wildman–Crippen LogP) is 6.04. The molecule has 2 aromatic carbocycles. The summed E-state index contributed by atoms with van der Waals surface area (Å²) in [7, 11) is 0. The Morgan fingerprint density at radius 1 is 0.875 bits per heavy atom. The minimum absolute atomic E-state index is 0.759. The molecule has 3 rings (SSSR count). The van der Waals surface area contributed by atoms with Crippen LogP contribution in [-0.4, -0.2) is 18.0 Å². The van der Waals surface area contributed by atoms with Crippen molar-refractivity contribution in [3.05, 3.63) is 71.3 Å². The van der Waals surface area contributed by atoms with Gasteiger partial charge in [-0.3, -0.25) is 4.90 Å². The van der Waals surface area contributed by atoms with E-state index in [0.717, 1.165) is 12.5 Å². The van der Waals surface area contributed by atoms with Crippen LogP contribution < -0.4 is 0 Å². The van der Waals surface area contributed by atoms with Gasteiger partial charge in [-0.1, -0.05) is 81.8 Å². The molecule has 1 aliphatic rings. The summed E-state index contributed by atoms with van der Waals surface area (Å²) in [6.45, 7) is 9.82. The zero-order chi connectivity index (χ0) is 17.2. The average molecular weight is 324 g/mol. The molecule has 130 valence electrons. The molecule has 1 aliphatic heterocycles. The lowest BCUT2D eigenvalue weighted by molar-refractivity contribution is 0.204. The van der Waals surface area contributed by atoms with Crippen LogP contribution in [0.2, 0.25) is 0 Å². The average Bonchev–Trinajstić information content (AvgIpc) is 2.66. The standard InChI is InChI=1S/C21H27N.C2H6/c1-2-8-19-11-6-7-12-21(19)20-13-15-22(16-14-20)17-18-9-4-3-5-10-18;1-2/h3-7,9-12,20H,2,8,13-17H2,1H3;1-2H3. The molecule has 1 saturated heterocycles. The van der Waals surface area contributed by atoms with Gasteiger partial charge in [-0.25, -0.2) is 0 Å². The quantitative estimate of drug-likeness (QED) is 0.648. The summed E-state index contributed by atoms with van der Waals surface area (Å²) >= 11 is 0. The first-order valence-electron chi connectivity index (χ1n) is 9.71. The lowest BCUT2D eigenvalue weighted by Crippen LogP contribution is -2.32. The number of nitrogens with zero attached hydrogens (tertiary/aromatic N) is 1. The van der Waals surface area contributed by atoms with E-state index in [0.29, 0.717) is 0 Å². The Morgan fingerprint density at radius 3 is 2.17 bits per heavy atom. The maximum Gasteiger partial charge on any atom is 0.0233 e. The summed E-state index contributed by atoms with van der Waals surface area (Å²) in [5.41, 5.74) is 4.63. The van der Waals surface area contributed by atoms with Gasteiger partial charge in [0, 0.05) is 6.54 Å². The van der Waals surface area contributed by atoms with E-state index in [1.807, 2.05) is 13.8 Å². The molecule has 0 radical (unpaired) electrons. The molecule has 1 heterocycles. The van der Waals surface area contributed by atoms with Gasteiger partial charge in [0.2, 0.25) is 0 Å². The van der Waals surface area contributed by atoms with Crippen molar-refractivity contribution in [3.63, 3.8) is 0 Å². The number of aryl methyl sites for hydroxylation is 1. The molecule has 1 fully saturated rings. The minimum atomic E-state index is 0.759. The summed E-state index contributed by atoms with van der Waals surface area (Å²) in [4.78, 5) is 2.61. The number of hydrogen-bond acceptors (Lipinski definition) is 1. The van der Waals surface area contributed by atoms with Crippen LogP contribution in [-0.2, 0) is 13.0 Å². The van der Waals surface area contributed by atoms with Crippen molar-refractivity contribution in [1.82, 2.24) is 4.90 Å². The van der Waals surface area contributed by atoms with Gasteiger partial charge >= 0.3 is 0 Å². The highest BCUT2D eigenvalue weighted by atomic mass is 15.1. The fourth-order valence-corrected chi connectivity index (χ4v) is 3.67. The van der Waals surface area contributed by atoms with Crippen molar-refractivity contribution in [2.75, 3.05) is 13.1 Å². The molecular formula is C23H33N. The maximum absolute atomic E-state index is 2.61. The van der Waals surface area contributed by atoms with Crippen molar-refractivity contribution in [3.8, 4) is 0 Å². The second-order valence-corrected chi connectivity index (χ2v) is 6.48. The molecule has 0 bridgehead atoms. The second kappa shape index (κ2) is 10.3. The first kappa shape index (κ1) is 18.7. The van der Waals surface area contributed by atoms with E-state index >= 15 is 0 Å². The minimum Gasteiger partial charge on any atom is -0.299 e. The normalized spacial score (nSPS) is 15.6. The third-order valence-corrected chi connectivity index (χ3v) is 4.85. The molecule has 0 N–H and O–H groups in total. The Kier molecular flexibility index (Phi) is 8.04. The molecule has 0 aliphatic carbocycles. The number of piperidine rings is 1. The predicted molar refractivity (Wildman–Crippen MR) is 105 cm³/mol. The van der Waals surface area contributed by atoms with Gasteiger partial charge in [0.25, 0.3) is 0 Å². The van der Waals surface area contributed by atoms with Crippen molar-refractivity contribution < 1.29 is 0 Å². The molecule has 0 unspecified atom stereocenters. The van der Waals surface area contributed by atoms with Crippen molar-refractivity contribution in [2.24, 2.45) is 0 Å². The highest BCUT2D eigenvalue weighted by molar-refractivity contribution is 5.31. The molecule has 1 heteroatoms. The zero-order valence-corrected chi connectivity index (χ0v) is 15.7. The van der Waals surface area contributed by atoms with Gasteiger partial charge in [0.15, 0.2) is 0 Å². The maximum atomic E-state index is 2.61. The monoisotopic (exact) mass is 323 g/mol. The van der Waals surface area contributed by atoms with Gasteiger partial charge in [0.05, 0.1) is 0 Å². The van der Waals surface area contributed by atoms with Gasteiger partial charge < -0.3 is 0 Å². The van der Waals surface area contributed by atoms with Gasteiger partial charge in [-0.15, -0.1) is 0 Å². The number of benzene rings is 2. The number of likely N-dealkylation sites (tertiary alicyclic amines) is 1. The first-order chi connectivity index (χ1) is 11.9. The SMILES string of the molecule is CC.CCCc1ccccc1C1CCN(Cc2ccccc2)CC1. The third kappa shape index (κ3) is 5.21. The molecular weight excluding hydrogens is 290 g/mol. The summed E-state index contributed by atoms with van der Waals surface area (Å²) in [6.07, 6.45) is 5.06. The van der Waals surface area contributed by atoms with Gasteiger partial charge in [0.1, 0.15) is 0 Å². The van der Waals surface area contributed by atoms with Crippen LogP contribution in [0, 0.1) is 0 Å². The summed E-state index contributed by atoms with van der Waals surface area (Å²) in [6, 6.07) is 20.0. The molecule has 2 aromatic rings. The summed E-state index contributed by atoms with van der Waals surface area (Å²) in [5.74, 6) is 0.759. The molecule has 0 spiro atoms. The zero-order valence-electron chi connectivity index (χ0n) is 15.7. The van der Waals surface area contributed by atoms with Crippen LogP contribution in [0.5, 0.6) is 0 Å². The van der Waals surface area contributed by atoms with Crippen LogP contribution >= 0.6 is 0 Å². The van der Waals surface area contributed by atoms with Crippen LogP contribution in [0.15, 0.2) is 54.6 Å². The molecule has 0 saturated carbocycles. The van der Waals surface area contributed by atoms with E-state index < -0.39 is 0 Å². The fourth-order valence-electron chi connectivity index (χ4n) is 3.67. The topological polar surface area (TPSA) is 3.24 Å². The van der Waals surface area contributed by atoms with Gasteiger partial charge in [-0.2, -0.15) is 0 Å². The number of hydrogen-bond donors (Lipinski definition) is 0. The Balaban J connectivity index is 0.00000100. The van der Waals surface area contributed by atoms with Crippen molar-refractivity contribution >= 4 is 0 Å². The second-order valence-electron chi connectivity index (χ2n) is 6.48. The lowest BCUT2D eigenvalue weighted by atomic mass is 9.85. The molecule has 0 amide bonds. The van der Waals surface area contributed by atoms with Crippen LogP contribution in [0.4, 0.5) is 0 Å². The summed E-state index contributed by atoms with van der Waals surface area (Å²) < 4.78 is 0. The van der Waals surface area contributed by atoms with E-state index in [9.17, 15) is 0 Å². The first-order valence-corrected chi connectivity index (χ1v) is 9.71.